The number of carbonyl (C=O) groups is 3. The van der Waals surface area contributed by atoms with Crippen LogP contribution in [0.1, 0.15) is 30.6 Å². The van der Waals surface area contributed by atoms with Gasteiger partial charge >= 0.3 is 12.0 Å². The van der Waals surface area contributed by atoms with E-state index >= 15 is 0 Å². The van der Waals surface area contributed by atoms with Gasteiger partial charge in [-0.2, -0.15) is 0 Å². The molecule has 0 atom stereocenters. The predicted molar refractivity (Wildman–Crippen MR) is 94.2 cm³/mol. The van der Waals surface area contributed by atoms with Crippen molar-refractivity contribution in [3.8, 4) is 0 Å². The van der Waals surface area contributed by atoms with Crippen LogP contribution >= 0.6 is 0 Å². The van der Waals surface area contributed by atoms with Gasteiger partial charge in [0.25, 0.3) is 5.91 Å². The lowest BCUT2D eigenvalue weighted by atomic mass is 10.1. The minimum Gasteiger partial charge on any atom is -0.452 e. The Kier molecular flexibility index (Phi) is 6.16. The Morgan fingerprint density at radius 2 is 1.92 bits per heavy atom. The number of rotatable bonds is 6. The number of fused-ring (bicyclic) bond motifs is 1. The van der Waals surface area contributed by atoms with E-state index in [2.05, 4.69) is 10.6 Å². The molecule has 0 saturated heterocycles. The molecular formula is C18H23N3O4. The Labute approximate surface area is 146 Å². The van der Waals surface area contributed by atoms with Crippen LogP contribution in [0.3, 0.4) is 0 Å². The number of nitrogens with one attached hydrogen (secondary N) is 2. The fourth-order valence-corrected chi connectivity index (χ4v) is 2.39. The van der Waals surface area contributed by atoms with Gasteiger partial charge in [0.15, 0.2) is 6.61 Å². The molecule has 134 valence electrons. The fraction of sp³-hybridized carbons (Fsp3) is 0.389. The molecule has 1 aromatic carbocycles. The molecule has 0 fully saturated rings. The zero-order valence-electron chi connectivity index (χ0n) is 14.7. The van der Waals surface area contributed by atoms with Gasteiger partial charge in [0.2, 0.25) is 0 Å². The van der Waals surface area contributed by atoms with Crippen molar-refractivity contribution in [2.45, 2.75) is 20.3 Å². The zero-order valence-corrected chi connectivity index (χ0v) is 14.7. The number of aromatic nitrogens is 1. The molecule has 0 spiro atoms. The smallest absolute Gasteiger partial charge is 0.340 e. The first-order valence-corrected chi connectivity index (χ1v) is 8.17. The highest BCUT2D eigenvalue weighted by Gasteiger charge is 2.17. The van der Waals surface area contributed by atoms with Crippen molar-refractivity contribution in [1.82, 2.24) is 15.2 Å². The summed E-state index contributed by atoms with van der Waals surface area (Å²) in [6, 6.07) is 6.82. The van der Waals surface area contributed by atoms with E-state index in [1.54, 1.807) is 6.20 Å². The predicted octanol–water partition coefficient (Wildman–Crippen LogP) is 2.21. The molecule has 3 amide bonds. The summed E-state index contributed by atoms with van der Waals surface area (Å²) in [5, 5.41) is 5.46. The van der Waals surface area contributed by atoms with E-state index < -0.39 is 24.5 Å². The van der Waals surface area contributed by atoms with E-state index in [0.717, 1.165) is 17.3 Å². The van der Waals surface area contributed by atoms with Crippen LogP contribution in [0.15, 0.2) is 30.5 Å². The molecule has 25 heavy (non-hydrogen) atoms. The number of esters is 1. The fourth-order valence-electron chi connectivity index (χ4n) is 2.39. The van der Waals surface area contributed by atoms with Crippen LogP contribution in [0.5, 0.6) is 0 Å². The van der Waals surface area contributed by atoms with E-state index in [0.29, 0.717) is 18.0 Å². The number of hydrogen-bond donors (Lipinski definition) is 2. The van der Waals surface area contributed by atoms with Crippen molar-refractivity contribution < 1.29 is 19.1 Å². The Hall–Kier alpha value is -2.83. The number of benzene rings is 1. The van der Waals surface area contributed by atoms with Gasteiger partial charge in [0.1, 0.15) is 0 Å². The van der Waals surface area contributed by atoms with Gasteiger partial charge in [-0.3, -0.25) is 10.1 Å². The highest BCUT2D eigenvalue weighted by atomic mass is 16.5. The van der Waals surface area contributed by atoms with E-state index in [1.165, 1.54) is 0 Å². The second-order valence-electron chi connectivity index (χ2n) is 6.23. The normalized spacial score (nSPS) is 10.7. The van der Waals surface area contributed by atoms with Crippen molar-refractivity contribution in [3.63, 3.8) is 0 Å². The summed E-state index contributed by atoms with van der Waals surface area (Å²) in [5.41, 5.74) is 1.27. The minimum absolute atomic E-state index is 0.382. The van der Waals surface area contributed by atoms with Gasteiger partial charge in [-0.15, -0.1) is 0 Å². The van der Waals surface area contributed by atoms with Crippen LogP contribution in [0.25, 0.3) is 10.9 Å². The molecule has 0 aliphatic heterocycles. The summed E-state index contributed by atoms with van der Waals surface area (Å²) in [4.78, 5) is 35.4. The third-order valence-corrected chi connectivity index (χ3v) is 3.71. The molecule has 0 unspecified atom stereocenters. The van der Waals surface area contributed by atoms with Gasteiger partial charge in [-0.25, -0.2) is 9.59 Å². The van der Waals surface area contributed by atoms with Crippen molar-refractivity contribution in [2.75, 3.05) is 13.2 Å². The second kappa shape index (κ2) is 8.32. The SMILES string of the molecule is CC(C)CCNC(=O)NC(=O)COC(=O)c1cn(C)c2ccccc12. The lowest BCUT2D eigenvalue weighted by Crippen LogP contribution is -2.41. The molecule has 2 rings (SSSR count). The standard InChI is InChI=1S/C18H23N3O4/c1-12(2)8-9-19-18(24)20-16(22)11-25-17(23)14-10-21(3)15-7-5-4-6-13(14)15/h4-7,10,12H,8-9,11H2,1-3H3,(H2,19,20,22,24). The molecule has 2 aromatic rings. The largest absolute Gasteiger partial charge is 0.452 e. The number of carbonyl (C=O) groups excluding carboxylic acids is 3. The van der Waals surface area contributed by atoms with Crippen molar-refractivity contribution >= 4 is 28.8 Å². The first kappa shape index (κ1) is 18.5. The second-order valence-corrected chi connectivity index (χ2v) is 6.23. The number of para-hydroxylation sites is 1. The van der Waals surface area contributed by atoms with Crippen LogP contribution in [-0.4, -0.2) is 35.6 Å². The maximum absolute atomic E-state index is 12.2. The van der Waals surface area contributed by atoms with Crippen LogP contribution in [0.4, 0.5) is 4.79 Å². The quantitative estimate of drug-likeness (QED) is 0.786. The van der Waals surface area contributed by atoms with E-state index in [1.807, 2.05) is 49.7 Å². The number of urea groups is 1. The van der Waals surface area contributed by atoms with Gasteiger partial charge < -0.3 is 14.6 Å². The lowest BCUT2D eigenvalue weighted by molar-refractivity contribution is -0.123. The molecule has 1 heterocycles. The molecule has 1 aromatic heterocycles. The Morgan fingerprint density at radius 1 is 1.20 bits per heavy atom. The highest BCUT2D eigenvalue weighted by Crippen LogP contribution is 2.20. The molecule has 0 saturated carbocycles. The molecule has 7 heteroatoms. The van der Waals surface area contributed by atoms with E-state index in [-0.39, 0.29) is 0 Å². The van der Waals surface area contributed by atoms with Crippen LogP contribution in [0.2, 0.25) is 0 Å². The Balaban J connectivity index is 1.85. The van der Waals surface area contributed by atoms with Crippen LogP contribution in [0, 0.1) is 5.92 Å². The van der Waals surface area contributed by atoms with Gasteiger partial charge in [0, 0.05) is 30.7 Å². The number of hydrogen-bond acceptors (Lipinski definition) is 4. The molecule has 0 aliphatic carbocycles. The summed E-state index contributed by atoms with van der Waals surface area (Å²) >= 11 is 0. The summed E-state index contributed by atoms with van der Waals surface area (Å²) in [7, 11) is 1.83. The van der Waals surface area contributed by atoms with Crippen molar-refractivity contribution in [2.24, 2.45) is 13.0 Å². The van der Waals surface area contributed by atoms with Crippen LogP contribution < -0.4 is 10.6 Å². The molecule has 0 aliphatic rings. The first-order chi connectivity index (χ1) is 11.9. The number of aryl methyl sites for hydroxylation is 1. The summed E-state index contributed by atoms with van der Waals surface area (Å²) in [5.74, 6) is -0.819. The Bertz CT molecular complexity index is 780. The molecule has 7 nitrogen and oxygen atoms in total. The number of ether oxygens (including phenoxy) is 1. The average Bonchev–Trinajstić information content (AvgIpc) is 2.90. The average molecular weight is 345 g/mol. The maximum atomic E-state index is 12.2. The van der Waals surface area contributed by atoms with E-state index in [9.17, 15) is 14.4 Å². The first-order valence-electron chi connectivity index (χ1n) is 8.17. The molecule has 2 N–H and O–H groups in total. The van der Waals surface area contributed by atoms with E-state index in [4.69, 9.17) is 4.74 Å². The zero-order chi connectivity index (χ0) is 18.4. The van der Waals surface area contributed by atoms with Gasteiger partial charge in [-0.05, 0) is 18.4 Å². The highest BCUT2D eigenvalue weighted by molar-refractivity contribution is 6.05. The lowest BCUT2D eigenvalue weighted by Gasteiger charge is -2.08. The third kappa shape index (κ3) is 5.07. The number of imide groups is 1. The topological polar surface area (TPSA) is 89.4 Å². The maximum Gasteiger partial charge on any atom is 0.340 e. The van der Waals surface area contributed by atoms with Crippen molar-refractivity contribution in [1.29, 1.82) is 0 Å². The number of nitrogens with zero attached hydrogens (tertiary/aromatic N) is 1. The van der Waals surface area contributed by atoms with Crippen LogP contribution in [-0.2, 0) is 16.6 Å². The van der Waals surface area contributed by atoms with Gasteiger partial charge in [0.05, 0.1) is 5.56 Å². The number of amides is 3. The summed E-state index contributed by atoms with van der Waals surface area (Å²) < 4.78 is 6.82. The summed E-state index contributed by atoms with van der Waals surface area (Å²) in [6.07, 6.45) is 2.47. The summed E-state index contributed by atoms with van der Waals surface area (Å²) in [6.45, 7) is 4.04. The monoisotopic (exact) mass is 345 g/mol. The van der Waals surface area contributed by atoms with Gasteiger partial charge in [-0.1, -0.05) is 32.0 Å². The molecule has 0 bridgehead atoms. The third-order valence-electron chi connectivity index (χ3n) is 3.71. The molecular weight excluding hydrogens is 322 g/mol. The minimum atomic E-state index is -0.671. The van der Waals surface area contributed by atoms with Crippen molar-refractivity contribution in [3.05, 3.63) is 36.0 Å². The Morgan fingerprint density at radius 3 is 2.64 bits per heavy atom. The molecule has 0 radical (unpaired) electrons.